The van der Waals surface area contributed by atoms with Crippen molar-refractivity contribution >= 4 is 44.2 Å². The molecule has 1 saturated heterocycles. The molecule has 1 atom stereocenters. The molecule has 0 saturated carbocycles. The minimum atomic E-state index is -0.454. The number of carbonyl (C=O) groups excluding carboxylic acids is 2. The molecule has 0 spiro atoms. The van der Waals surface area contributed by atoms with Gasteiger partial charge >= 0.3 is 0 Å². The summed E-state index contributed by atoms with van der Waals surface area (Å²) >= 11 is 1.53. The SMILES string of the molecule is CC(C)c1ccc(N(C(=O)C2CCCN(C(=O)C(C)(C)C)C2)c2nc3ccccc3s2)cc1. The molecule has 1 aromatic heterocycles. The van der Waals surface area contributed by atoms with Crippen LogP contribution in [0.2, 0.25) is 0 Å². The summed E-state index contributed by atoms with van der Waals surface area (Å²) in [4.78, 5) is 35.3. The zero-order chi connectivity index (χ0) is 23.8. The molecular formula is C27H33N3O2S. The average molecular weight is 464 g/mol. The van der Waals surface area contributed by atoms with Crippen LogP contribution in [0.3, 0.4) is 0 Å². The normalized spacial score (nSPS) is 16.9. The van der Waals surface area contributed by atoms with Gasteiger partial charge in [-0.05, 0) is 48.6 Å². The number of benzene rings is 2. The van der Waals surface area contributed by atoms with Crippen LogP contribution in [0.4, 0.5) is 10.8 Å². The van der Waals surface area contributed by atoms with E-state index in [1.54, 1.807) is 4.90 Å². The van der Waals surface area contributed by atoms with Crippen molar-refractivity contribution in [2.24, 2.45) is 11.3 Å². The maximum atomic E-state index is 14.0. The summed E-state index contributed by atoms with van der Waals surface area (Å²) < 4.78 is 1.05. The summed E-state index contributed by atoms with van der Waals surface area (Å²) in [5.74, 6) is 0.286. The number of fused-ring (bicyclic) bond motifs is 1. The third-order valence-electron chi connectivity index (χ3n) is 6.21. The van der Waals surface area contributed by atoms with Crippen molar-refractivity contribution < 1.29 is 9.59 Å². The summed E-state index contributed by atoms with van der Waals surface area (Å²) in [6, 6.07) is 16.2. The lowest BCUT2D eigenvalue weighted by atomic mass is 9.90. The van der Waals surface area contributed by atoms with Gasteiger partial charge in [-0.2, -0.15) is 0 Å². The van der Waals surface area contributed by atoms with E-state index in [-0.39, 0.29) is 17.7 Å². The number of carbonyl (C=O) groups is 2. The standard InChI is InChI=1S/C27H33N3O2S/c1-18(2)19-12-14-21(15-13-19)30(26-28-22-10-6-7-11-23(22)33-26)24(31)20-9-8-16-29(17-20)25(32)27(3,4)5/h6-7,10-15,18,20H,8-9,16-17H2,1-5H3. The molecule has 1 aliphatic rings. The minimum absolute atomic E-state index is 0.0118. The maximum absolute atomic E-state index is 14.0. The van der Waals surface area contributed by atoms with E-state index in [0.29, 0.717) is 24.1 Å². The average Bonchev–Trinajstić information content (AvgIpc) is 3.22. The topological polar surface area (TPSA) is 53.5 Å². The quantitative estimate of drug-likeness (QED) is 0.452. The molecule has 4 rings (SSSR count). The number of piperidine rings is 1. The van der Waals surface area contributed by atoms with Crippen LogP contribution >= 0.6 is 11.3 Å². The largest absolute Gasteiger partial charge is 0.341 e. The number of hydrogen-bond acceptors (Lipinski definition) is 4. The second-order valence-corrected chi connectivity index (χ2v) is 11.2. The monoisotopic (exact) mass is 463 g/mol. The highest BCUT2D eigenvalue weighted by molar-refractivity contribution is 7.22. The molecule has 5 nitrogen and oxygen atoms in total. The van der Waals surface area contributed by atoms with E-state index in [4.69, 9.17) is 4.98 Å². The molecule has 1 fully saturated rings. The van der Waals surface area contributed by atoms with Gasteiger partial charge in [-0.1, -0.05) is 70.2 Å². The van der Waals surface area contributed by atoms with Gasteiger partial charge < -0.3 is 4.90 Å². The molecule has 1 aliphatic heterocycles. The Kier molecular flexibility index (Phi) is 6.57. The summed E-state index contributed by atoms with van der Waals surface area (Å²) in [6.07, 6.45) is 1.61. The van der Waals surface area contributed by atoms with Gasteiger partial charge in [0.25, 0.3) is 0 Å². The molecule has 174 valence electrons. The van der Waals surface area contributed by atoms with Crippen molar-refractivity contribution in [3.05, 3.63) is 54.1 Å². The first kappa shape index (κ1) is 23.4. The van der Waals surface area contributed by atoms with Crippen molar-refractivity contribution in [3.63, 3.8) is 0 Å². The summed E-state index contributed by atoms with van der Waals surface area (Å²) in [7, 11) is 0. The molecule has 3 aromatic rings. The molecule has 2 heterocycles. The lowest BCUT2D eigenvalue weighted by Gasteiger charge is -2.37. The fourth-order valence-corrected chi connectivity index (χ4v) is 5.31. The van der Waals surface area contributed by atoms with Gasteiger partial charge in [-0.3, -0.25) is 14.5 Å². The third kappa shape index (κ3) is 4.96. The van der Waals surface area contributed by atoms with Crippen molar-refractivity contribution in [2.75, 3.05) is 18.0 Å². The molecule has 6 heteroatoms. The molecule has 0 bridgehead atoms. The number of para-hydroxylation sites is 1. The Labute approximate surface area is 200 Å². The van der Waals surface area contributed by atoms with E-state index in [1.165, 1.54) is 16.9 Å². The summed E-state index contributed by atoms with van der Waals surface area (Å²) in [5.41, 5.74) is 2.49. The zero-order valence-electron chi connectivity index (χ0n) is 20.2. The van der Waals surface area contributed by atoms with Gasteiger partial charge in [0.15, 0.2) is 5.13 Å². The van der Waals surface area contributed by atoms with Crippen LogP contribution in [0.1, 0.15) is 58.9 Å². The van der Waals surface area contributed by atoms with Crippen molar-refractivity contribution in [2.45, 2.75) is 53.4 Å². The van der Waals surface area contributed by atoms with Crippen LogP contribution in [0, 0.1) is 11.3 Å². The molecule has 1 unspecified atom stereocenters. The number of thiazole rings is 1. The number of nitrogens with zero attached hydrogens (tertiary/aromatic N) is 3. The molecule has 2 amide bonds. The molecule has 0 N–H and O–H groups in total. The highest BCUT2D eigenvalue weighted by Crippen LogP contribution is 2.36. The number of amides is 2. The van der Waals surface area contributed by atoms with E-state index in [2.05, 4.69) is 26.0 Å². The van der Waals surface area contributed by atoms with Gasteiger partial charge in [0, 0.05) is 18.5 Å². The van der Waals surface area contributed by atoms with Crippen molar-refractivity contribution in [1.29, 1.82) is 0 Å². The van der Waals surface area contributed by atoms with E-state index in [9.17, 15) is 9.59 Å². The Morgan fingerprint density at radius 1 is 1.09 bits per heavy atom. The smallest absolute Gasteiger partial charge is 0.238 e. The Balaban J connectivity index is 1.69. The lowest BCUT2D eigenvalue weighted by Crippen LogP contribution is -2.49. The van der Waals surface area contributed by atoms with E-state index in [0.717, 1.165) is 28.7 Å². The van der Waals surface area contributed by atoms with Crippen LogP contribution in [-0.4, -0.2) is 34.8 Å². The predicted molar refractivity (Wildman–Crippen MR) is 136 cm³/mol. The summed E-state index contributed by atoms with van der Waals surface area (Å²) in [6.45, 7) is 11.3. The number of anilines is 2. The van der Waals surface area contributed by atoms with Gasteiger partial charge in [-0.15, -0.1) is 0 Å². The predicted octanol–water partition coefficient (Wildman–Crippen LogP) is 6.37. The number of aromatic nitrogens is 1. The maximum Gasteiger partial charge on any atom is 0.238 e. The molecular weight excluding hydrogens is 430 g/mol. The summed E-state index contributed by atoms with van der Waals surface area (Å²) in [5, 5.41) is 0.678. The van der Waals surface area contributed by atoms with E-state index < -0.39 is 5.41 Å². The van der Waals surface area contributed by atoms with Gasteiger partial charge in [0.05, 0.1) is 21.8 Å². The van der Waals surface area contributed by atoms with Crippen molar-refractivity contribution in [3.8, 4) is 0 Å². The van der Waals surface area contributed by atoms with Gasteiger partial charge in [-0.25, -0.2) is 4.98 Å². The number of likely N-dealkylation sites (tertiary alicyclic amines) is 1. The van der Waals surface area contributed by atoms with Gasteiger partial charge in [0.2, 0.25) is 11.8 Å². The van der Waals surface area contributed by atoms with Crippen LogP contribution in [0.5, 0.6) is 0 Å². The van der Waals surface area contributed by atoms with Crippen LogP contribution < -0.4 is 4.90 Å². The third-order valence-corrected chi connectivity index (χ3v) is 7.23. The van der Waals surface area contributed by atoms with Crippen LogP contribution in [-0.2, 0) is 9.59 Å². The van der Waals surface area contributed by atoms with E-state index >= 15 is 0 Å². The zero-order valence-corrected chi connectivity index (χ0v) is 21.0. The Bertz CT molecular complexity index is 1110. The highest BCUT2D eigenvalue weighted by Gasteiger charge is 2.36. The van der Waals surface area contributed by atoms with Gasteiger partial charge in [0.1, 0.15) is 0 Å². The van der Waals surface area contributed by atoms with Crippen LogP contribution in [0.25, 0.3) is 10.2 Å². The Hall–Kier alpha value is -2.73. The van der Waals surface area contributed by atoms with Crippen LogP contribution in [0.15, 0.2) is 48.5 Å². The first-order valence-electron chi connectivity index (χ1n) is 11.7. The lowest BCUT2D eigenvalue weighted by molar-refractivity contribution is -0.142. The van der Waals surface area contributed by atoms with E-state index in [1.807, 2.05) is 62.1 Å². The molecule has 0 radical (unpaired) electrons. The number of hydrogen-bond donors (Lipinski definition) is 0. The first-order valence-corrected chi connectivity index (χ1v) is 12.6. The molecule has 2 aromatic carbocycles. The fraction of sp³-hybridized carbons (Fsp3) is 0.444. The second kappa shape index (κ2) is 9.26. The highest BCUT2D eigenvalue weighted by atomic mass is 32.1. The molecule has 0 aliphatic carbocycles. The first-order chi connectivity index (χ1) is 15.6. The Morgan fingerprint density at radius 3 is 2.42 bits per heavy atom. The Morgan fingerprint density at radius 2 is 1.79 bits per heavy atom. The fourth-order valence-electron chi connectivity index (χ4n) is 4.32. The number of rotatable bonds is 4. The van der Waals surface area contributed by atoms with Crippen molar-refractivity contribution in [1.82, 2.24) is 9.88 Å². The molecule has 33 heavy (non-hydrogen) atoms. The minimum Gasteiger partial charge on any atom is -0.341 e. The second-order valence-electron chi connectivity index (χ2n) is 10.2.